The Labute approximate surface area is 110 Å². The number of aliphatic hydroxyl groups excluding tert-OH is 1. The molecule has 0 saturated carbocycles. The molecule has 0 spiro atoms. The number of nitrogens with zero attached hydrogens (tertiary/aromatic N) is 4. The minimum atomic E-state index is -0.451. The van der Waals surface area contributed by atoms with Crippen LogP contribution in [0.1, 0.15) is 11.3 Å². The molecule has 18 heavy (non-hydrogen) atoms. The molecule has 1 aromatic carbocycles. The second kappa shape index (κ2) is 5.23. The van der Waals surface area contributed by atoms with Gasteiger partial charge < -0.3 is 5.11 Å². The molecule has 0 unspecified atom stereocenters. The van der Waals surface area contributed by atoms with E-state index in [1.54, 1.807) is 16.9 Å². The number of hydrogen-bond acceptors (Lipinski definition) is 5. The average Bonchev–Trinajstić information content (AvgIpc) is 2.79. The van der Waals surface area contributed by atoms with Gasteiger partial charge in [-0.15, -0.1) is 5.10 Å². The Bertz CT molecular complexity index is 584. The second-order valence-electron chi connectivity index (χ2n) is 3.60. The Morgan fingerprint density at radius 1 is 1.50 bits per heavy atom. The van der Waals surface area contributed by atoms with Gasteiger partial charge in [0.15, 0.2) is 0 Å². The molecule has 0 aliphatic rings. The molecule has 94 valence electrons. The molecule has 1 heterocycles. The Morgan fingerprint density at radius 3 is 2.83 bits per heavy atom. The van der Waals surface area contributed by atoms with E-state index in [9.17, 15) is 10.1 Å². The topological polar surface area (TPSA) is 94.1 Å². The van der Waals surface area contributed by atoms with E-state index in [4.69, 9.17) is 5.11 Å². The summed E-state index contributed by atoms with van der Waals surface area (Å²) in [7, 11) is 0. The number of non-ortho nitro benzene ring substituents is 1. The van der Waals surface area contributed by atoms with E-state index in [1.165, 1.54) is 12.1 Å². The summed E-state index contributed by atoms with van der Waals surface area (Å²) in [6.45, 7) is 0.257. The monoisotopic (exact) mass is 312 g/mol. The zero-order valence-electron chi connectivity index (χ0n) is 9.15. The van der Waals surface area contributed by atoms with Crippen molar-refractivity contribution in [3.8, 4) is 0 Å². The van der Waals surface area contributed by atoms with Gasteiger partial charge >= 0.3 is 0 Å². The fraction of sp³-hybridized carbons (Fsp3) is 0.200. The van der Waals surface area contributed by atoms with E-state index in [2.05, 4.69) is 26.2 Å². The van der Waals surface area contributed by atoms with E-state index in [1.807, 2.05) is 0 Å². The number of aromatic nitrogens is 3. The minimum absolute atomic E-state index is 0.0280. The maximum Gasteiger partial charge on any atom is 0.270 e. The Morgan fingerprint density at radius 2 is 2.28 bits per heavy atom. The molecule has 0 saturated heterocycles. The Hall–Kier alpha value is -1.80. The van der Waals surface area contributed by atoms with Crippen LogP contribution in [-0.2, 0) is 13.2 Å². The third-order valence-corrected chi connectivity index (χ3v) is 3.07. The van der Waals surface area contributed by atoms with Crippen LogP contribution in [0.25, 0.3) is 0 Å². The van der Waals surface area contributed by atoms with Crippen molar-refractivity contribution in [3.05, 3.63) is 50.2 Å². The minimum Gasteiger partial charge on any atom is -0.390 e. The lowest BCUT2D eigenvalue weighted by atomic mass is 10.2. The van der Waals surface area contributed by atoms with Gasteiger partial charge in [0.2, 0.25) is 0 Å². The number of rotatable bonds is 4. The highest BCUT2D eigenvalue weighted by molar-refractivity contribution is 9.10. The molecule has 0 aliphatic carbocycles. The summed E-state index contributed by atoms with van der Waals surface area (Å²) in [5.41, 5.74) is 1.35. The molecule has 2 rings (SSSR count). The highest BCUT2D eigenvalue weighted by Gasteiger charge is 2.10. The first kappa shape index (κ1) is 12.7. The summed E-state index contributed by atoms with van der Waals surface area (Å²) in [6, 6.07) is 4.53. The van der Waals surface area contributed by atoms with Crippen molar-refractivity contribution < 1.29 is 10.0 Å². The fourth-order valence-corrected chi connectivity index (χ4v) is 1.93. The maximum atomic E-state index is 10.6. The highest BCUT2D eigenvalue weighted by Crippen LogP contribution is 2.23. The molecule has 0 amide bonds. The van der Waals surface area contributed by atoms with Crippen LogP contribution in [0.15, 0.2) is 28.9 Å². The van der Waals surface area contributed by atoms with Gasteiger partial charge in [-0.05, 0) is 11.6 Å². The van der Waals surface area contributed by atoms with Crippen LogP contribution in [0, 0.1) is 10.1 Å². The number of hydrogen-bond donors (Lipinski definition) is 1. The first-order valence-corrected chi connectivity index (χ1v) is 5.82. The van der Waals surface area contributed by atoms with Crippen molar-refractivity contribution in [2.45, 2.75) is 13.2 Å². The summed E-state index contributed by atoms with van der Waals surface area (Å²) in [5.74, 6) is 0. The third kappa shape index (κ3) is 2.71. The number of benzene rings is 1. The molecule has 0 radical (unpaired) electrons. The first-order valence-electron chi connectivity index (χ1n) is 5.03. The molecule has 7 nitrogen and oxygen atoms in total. The number of halogens is 1. The zero-order valence-corrected chi connectivity index (χ0v) is 10.7. The predicted octanol–water partition coefficient (Wildman–Crippen LogP) is 1.49. The lowest BCUT2D eigenvalue weighted by molar-refractivity contribution is -0.384. The van der Waals surface area contributed by atoms with Crippen molar-refractivity contribution in [1.82, 2.24) is 15.0 Å². The number of nitro benzene ring substituents is 1. The summed E-state index contributed by atoms with van der Waals surface area (Å²) >= 11 is 3.28. The van der Waals surface area contributed by atoms with Crippen LogP contribution < -0.4 is 0 Å². The number of aliphatic hydroxyl groups is 1. The van der Waals surface area contributed by atoms with E-state index in [0.29, 0.717) is 16.7 Å². The van der Waals surface area contributed by atoms with Crippen molar-refractivity contribution in [3.63, 3.8) is 0 Å². The van der Waals surface area contributed by atoms with Crippen LogP contribution in [0.5, 0.6) is 0 Å². The van der Waals surface area contributed by atoms with Crippen molar-refractivity contribution in [1.29, 1.82) is 0 Å². The van der Waals surface area contributed by atoms with Crippen LogP contribution in [-0.4, -0.2) is 25.0 Å². The Kier molecular flexibility index (Phi) is 3.68. The molecule has 0 fully saturated rings. The standard InChI is InChI=1S/C10H9BrN4O3/c11-10-3-9(15(17)18)2-1-7(10)4-14-5-8(6-16)12-13-14/h1-3,5,16H,4,6H2. The van der Waals surface area contributed by atoms with Crippen LogP contribution in [0.4, 0.5) is 5.69 Å². The van der Waals surface area contributed by atoms with Gasteiger partial charge in [0.05, 0.1) is 24.3 Å². The van der Waals surface area contributed by atoms with E-state index >= 15 is 0 Å². The maximum absolute atomic E-state index is 10.6. The molecule has 2 aromatic rings. The molecule has 0 atom stereocenters. The Balaban J connectivity index is 2.21. The van der Waals surface area contributed by atoms with Crippen molar-refractivity contribution >= 4 is 21.6 Å². The van der Waals surface area contributed by atoms with E-state index < -0.39 is 4.92 Å². The molecule has 1 aromatic heterocycles. The first-order chi connectivity index (χ1) is 8.60. The van der Waals surface area contributed by atoms with Crippen LogP contribution in [0.3, 0.4) is 0 Å². The van der Waals surface area contributed by atoms with Gasteiger partial charge in [-0.2, -0.15) is 0 Å². The fourth-order valence-electron chi connectivity index (χ4n) is 1.44. The summed E-state index contributed by atoms with van der Waals surface area (Å²) in [5, 5.41) is 27.0. The molecule has 8 heteroatoms. The van der Waals surface area contributed by atoms with Crippen LogP contribution >= 0.6 is 15.9 Å². The normalized spacial score (nSPS) is 10.6. The molecular formula is C10H9BrN4O3. The van der Waals surface area contributed by atoms with Gasteiger partial charge in [0.25, 0.3) is 5.69 Å². The van der Waals surface area contributed by atoms with Crippen LogP contribution in [0.2, 0.25) is 0 Å². The van der Waals surface area contributed by atoms with E-state index in [0.717, 1.165) is 5.56 Å². The molecule has 0 aliphatic heterocycles. The molecule has 0 bridgehead atoms. The lowest BCUT2D eigenvalue weighted by Crippen LogP contribution is -2.01. The van der Waals surface area contributed by atoms with Gasteiger partial charge in [-0.3, -0.25) is 10.1 Å². The summed E-state index contributed by atoms with van der Waals surface area (Å²) < 4.78 is 2.19. The summed E-state index contributed by atoms with van der Waals surface area (Å²) in [4.78, 5) is 10.1. The highest BCUT2D eigenvalue weighted by atomic mass is 79.9. The van der Waals surface area contributed by atoms with Gasteiger partial charge in [-0.25, -0.2) is 4.68 Å². The SMILES string of the molecule is O=[N+]([O-])c1ccc(Cn2cc(CO)nn2)c(Br)c1. The lowest BCUT2D eigenvalue weighted by Gasteiger charge is -2.03. The molecular weight excluding hydrogens is 304 g/mol. The largest absolute Gasteiger partial charge is 0.390 e. The zero-order chi connectivity index (χ0) is 13.1. The van der Waals surface area contributed by atoms with Crippen molar-refractivity contribution in [2.75, 3.05) is 0 Å². The average molecular weight is 313 g/mol. The summed E-state index contributed by atoms with van der Waals surface area (Å²) in [6.07, 6.45) is 1.62. The predicted molar refractivity (Wildman–Crippen MR) is 65.8 cm³/mol. The van der Waals surface area contributed by atoms with Gasteiger partial charge in [-0.1, -0.05) is 21.1 Å². The molecule has 1 N–H and O–H groups in total. The third-order valence-electron chi connectivity index (χ3n) is 2.33. The number of nitro groups is 1. The van der Waals surface area contributed by atoms with E-state index in [-0.39, 0.29) is 12.3 Å². The smallest absolute Gasteiger partial charge is 0.270 e. The van der Waals surface area contributed by atoms with Gasteiger partial charge in [0, 0.05) is 16.6 Å². The quantitative estimate of drug-likeness (QED) is 0.682. The van der Waals surface area contributed by atoms with Gasteiger partial charge in [0.1, 0.15) is 5.69 Å². The van der Waals surface area contributed by atoms with Crippen molar-refractivity contribution in [2.24, 2.45) is 0 Å². The second-order valence-corrected chi connectivity index (χ2v) is 4.45.